The van der Waals surface area contributed by atoms with Crippen LogP contribution in [-0.4, -0.2) is 58.2 Å². The first-order valence-corrected chi connectivity index (χ1v) is 8.39. The maximum absolute atomic E-state index is 11.8. The van der Waals surface area contributed by atoms with E-state index in [0.29, 0.717) is 0 Å². The summed E-state index contributed by atoms with van der Waals surface area (Å²) in [6.45, 7) is 6.27. The Morgan fingerprint density at radius 3 is 2.40 bits per heavy atom. The lowest BCUT2D eigenvalue weighted by molar-refractivity contribution is -0.894. The maximum Gasteiger partial charge on any atom is 0.514 e. The van der Waals surface area contributed by atoms with E-state index in [4.69, 9.17) is 4.74 Å². The smallest absolute Gasteiger partial charge is 0.445 e. The monoisotopic (exact) mass is 351 g/mol. The highest BCUT2D eigenvalue weighted by molar-refractivity contribution is 5.67. The number of benzene rings is 1. The number of nitrogens with one attached hydrogen (secondary N) is 1. The van der Waals surface area contributed by atoms with E-state index >= 15 is 0 Å². The number of aliphatic hydroxyl groups excluding tert-OH is 1. The molecule has 1 aromatic carbocycles. The Bertz CT molecular complexity index is 614. The van der Waals surface area contributed by atoms with Crippen LogP contribution in [0.15, 0.2) is 30.3 Å². The number of alkyl carbamates (subject to hydrolysis) is 1. The topological polar surface area (TPSA) is 95.9 Å². The Hall–Kier alpha value is -2.12. The number of hydrogen-bond acceptors (Lipinski definition) is 4. The molecule has 0 spiro atoms. The van der Waals surface area contributed by atoms with Gasteiger partial charge in [-0.15, -0.1) is 0 Å². The highest BCUT2D eigenvalue weighted by atomic mass is 16.5. The number of likely N-dealkylation sites (tertiary alicyclic amines) is 1. The predicted molar refractivity (Wildman–Crippen MR) is 91.9 cm³/mol. The standard InChI is InChI=1S/C18H26N2O5/c1-18(2,3)20(17(23)24)10-14(15(21)11-20)9-19-16(22)25-12-13-7-5-4-6-8-13/h4-8,14-15,21H,9-12H2,1-3H3,(H-,19,22,23,24)/p+1/t14-,15+,20?/m1/s1. The fraction of sp³-hybridized carbons (Fsp3) is 0.556. The Kier molecular flexibility index (Phi) is 5.69. The van der Waals surface area contributed by atoms with E-state index in [9.17, 15) is 19.8 Å². The summed E-state index contributed by atoms with van der Waals surface area (Å²) in [6, 6.07) is 9.32. The van der Waals surface area contributed by atoms with Crippen LogP contribution in [0.4, 0.5) is 9.59 Å². The van der Waals surface area contributed by atoms with Gasteiger partial charge in [-0.2, -0.15) is 4.79 Å². The van der Waals surface area contributed by atoms with Crippen LogP contribution in [0.1, 0.15) is 26.3 Å². The summed E-state index contributed by atoms with van der Waals surface area (Å²) >= 11 is 0. The van der Waals surface area contributed by atoms with E-state index in [-0.39, 0.29) is 36.6 Å². The number of hydrogen-bond donors (Lipinski definition) is 3. The van der Waals surface area contributed by atoms with Gasteiger partial charge < -0.3 is 20.3 Å². The average molecular weight is 351 g/mol. The minimum Gasteiger partial charge on any atom is -0.445 e. The molecule has 1 saturated heterocycles. The SMILES string of the molecule is CC(C)(C)[N+]1(C(=O)O)C[C@@H](CNC(=O)OCc2ccccc2)[C@@H](O)C1. The Morgan fingerprint density at radius 1 is 1.24 bits per heavy atom. The fourth-order valence-corrected chi connectivity index (χ4v) is 3.24. The van der Waals surface area contributed by atoms with Crippen LogP contribution < -0.4 is 5.32 Å². The number of carbonyl (C=O) groups is 2. The zero-order chi connectivity index (χ0) is 18.7. The molecule has 3 atom stereocenters. The van der Waals surface area contributed by atoms with E-state index in [0.717, 1.165) is 5.56 Å². The lowest BCUT2D eigenvalue weighted by Crippen LogP contribution is -2.62. The van der Waals surface area contributed by atoms with Crippen molar-refractivity contribution in [2.75, 3.05) is 19.6 Å². The van der Waals surface area contributed by atoms with Gasteiger partial charge in [-0.1, -0.05) is 30.3 Å². The molecule has 1 fully saturated rings. The predicted octanol–water partition coefficient (Wildman–Crippen LogP) is 2.20. The van der Waals surface area contributed by atoms with Crippen LogP contribution >= 0.6 is 0 Å². The van der Waals surface area contributed by atoms with Crippen molar-refractivity contribution in [2.24, 2.45) is 5.92 Å². The van der Waals surface area contributed by atoms with Crippen LogP contribution in [0.2, 0.25) is 0 Å². The lowest BCUT2D eigenvalue weighted by Gasteiger charge is -2.40. The van der Waals surface area contributed by atoms with Gasteiger partial charge in [-0.25, -0.2) is 9.28 Å². The second-order valence-corrected chi connectivity index (χ2v) is 7.56. The number of quaternary nitrogens is 1. The highest BCUT2D eigenvalue weighted by Gasteiger charge is 2.56. The summed E-state index contributed by atoms with van der Waals surface area (Å²) in [6.07, 6.45) is -2.32. The van der Waals surface area contributed by atoms with Crippen LogP contribution in [0.3, 0.4) is 0 Å². The van der Waals surface area contributed by atoms with Gasteiger partial charge in [0.25, 0.3) is 0 Å². The number of carbonyl (C=O) groups excluding carboxylic acids is 1. The first-order chi connectivity index (χ1) is 11.7. The molecular formula is C18H27N2O5+. The summed E-state index contributed by atoms with van der Waals surface area (Å²) < 4.78 is 4.91. The average Bonchev–Trinajstić information content (AvgIpc) is 2.90. The van der Waals surface area contributed by atoms with Gasteiger partial charge >= 0.3 is 12.2 Å². The maximum atomic E-state index is 11.8. The van der Waals surface area contributed by atoms with Crippen LogP contribution in [0, 0.1) is 5.92 Å². The molecule has 1 aliphatic rings. The number of carboxylic acid groups (broad SMARTS) is 1. The minimum atomic E-state index is -0.958. The molecule has 138 valence electrons. The first-order valence-electron chi connectivity index (χ1n) is 8.39. The minimum absolute atomic E-state index is 0.129. The van der Waals surface area contributed by atoms with Crippen molar-refractivity contribution >= 4 is 12.2 Å². The lowest BCUT2D eigenvalue weighted by atomic mass is 10.0. The van der Waals surface area contributed by atoms with E-state index in [1.54, 1.807) is 0 Å². The summed E-state index contributed by atoms with van der Waals surface area (Å²) in [5, 5.41) is 22.6. The molecule has 7 heteroatoms. The first kappa shape index (κ1) is 19.2. The van der Waals surface area contributed by atoms with Crippen molar-refractivity contribution in [2.45, 2.75) is 39.0 Å². The summed E-state index contributed by atoms with van der Waals surface area (Å²) in [5.74, 6) is -0.334. The fourth-order valence-electron chi connectivity index (χ4n) is 3.24. The third-order valence-electron chi connectivity index (χ3n) is 4.96. The molecule has 0 aromatic heterocycles. The van der Waals surface area contributed by atoms with Crippen molar-refractivity contribution in [3.05, 3.63) is 35.9 Å². The molecule has 0 saturated carbocycles. The van der Waals surface area contributed by atoms with Gasteiger partial charge in [0, 0.05) is 6.54 Å². The number of rotatable bonds is 4. The van der Waals surface area contributed by atoms with E-state index in [1.807, 2.05) is 51.1 Å². The molecule has 7 nitrogen and oxygen atoms in total. The van der Waals surface area contributed by atoms with E-state index in [1.165, 1.54) is 0 Å². The molecule has 1 heterocycles. The normalized spacial score (nSPS) is 26.2. The van der Waals surface area contributed by atoms with E-state index < -0.39 is 23.8 Å². The molecule has 0 bridgehead atoms. The van der Waals surface area contributed by atoms with Gasteiger partial charge in [-0.05, 0) is 26.3 Å². The van der Waals surface area contributed by atoms with Gasteiger partial charge in [0.15, 0.2) is 0 Å². The highest BCUT2D eigenvalue weighted by Crippen LogP contribution is 2.34. The molecule has 0 radical (unpaired) electrons. The van der Waals surface area contributed by atoms with Crippen molar-refractivity contribution in [1.82, 2.24) is 5.32 Å². The second kappa shape index (κ2) is 7.41. The van der Waals surface area contributed by atoms with E-state index in [2.05, 4.69) is 5.32 Å². The Labute approximate surface area is 147 Å². The largest absolute Gasteiger partial charge is 0.514 e. The Morgan fingerprint density at radius 2 is 1.88 bits per heavy atom. The molecule has 2 amide bonds. The molecule has 1 aromatic rings. The third kappa shape index (κ3) is 4.29. The van der Waals surface area contributed by atoms with Gasteiger partial charge in [0.2, 0.25) is 0 Å². The molecule has 2 rings (SSSR count). The molecule has 25 heavy (non-hydrogen) atoms. The molecule has 1 unspecified atom stereocenters. The molecule has 0 aliphatic carbocycles. The number of ether oxygens (including phenoxy) is 1. The molecule has 3 N–H and O–H groups in total. The quantitative estimate of drug-likeness (QED) is 0.723. The second-order valence-electron chi connectivity index (χ2n) is 7.56. The zero-order valence-electron chi connectivity index (χ0n) is 14.9. The van der Waals surface area contributed by atoms with Crippen molar-refractivity contribution < 1.29 is 29.0 Å². The van der Waals surface area contributed by atoms with Crippen molar-refractivity contribution in [3.8, 4) is 0 Å². The van der Waals surface area contributed by atoms with Gasteiger partial charge in [-0.3, -0.25) is 0 Å². The van der Waals surface area contributed by atoms with Crippen LogP contribution in [0.25, 0.3) is 0 Å². The van der Waals surface area contributed by atoms with Gasteiger partial charge in [0.05, 0.1) is 12.5 Å². The molecule has 1 aliphatic heterocycles. The number of amides is 2. The van der Waals surface area contributed by atoms with Crippen molar-refractivity contribution in [1.29, 1.82) is 0 Å². The van der Waals surface area contributed by atoms with Gasteiger partial charge in [0.1, 0.15) is 24.8 Å². The zero-order valence-corrected chi connectivity index (χ0v) is 14.9. The van der Waals surface area contributed by atoms with Crippen LogP contribution in [0.5, 0.6) is 0 Å². The molecular weight excluding hydrogens is 324 g/mol. The van der Waals surface area contributed by atoms with Crippen molar-refractivity contribution in [3.63, 3.8) is 0 Å². The number of aliphatic hydroxyl groups is 1. The summed E-state index contributed by atoms with van der Waals surface area (Å²) in [5.41, 5.74) is 0.336. The van der Waals surface area contributed by atoms with Crippen LogP contribution in [-0.2, 0) is 11.3 Å². The third-order valence-corrected chi connectivity index (χ3v) is 4.96. The number of nitrogens with zero attached hydrogens (tertiary/aromatic N) is 1. The summed E-state index contributed by atoms with van der Waals surface area (Å²) in [7, 11) is 0. The Balaban J connectivity index is 1.88. The summed E-state index contributed by atoms with van der Waals surface area (Å²) in [4.78, 5) is 23.6.